The lowest BCUT2D eigenvalue weighted by Gasteiger charge is -2.24. The number of esters is 2. The van der Waals surface area contributed by atoms with E-state index in [-0.39, 0.29) is 19.1 Å². The second-order valence-corrected chi connectivity index (χ2v) is 4.78. The van der Waals surface area contributed by atoms with Gasteiger partial charge in [0, 0.05) is 0 Å². The minimum atomic E-state index is -0.780. The molecule has 0 N–H and O–H groups in total. The third-order valence-corrected chi connectivity index (χ3v) is 2.85. The van der Waals surface area contributed by atoms with E-state index in [1.165, 1.54) is 0 Å². The molecule has 0 rings (SSSR count). The van der Waals surface area contributed by atoms with Crippen molar-refractivity contribution in [2.75, 3.05) is 13.2 Å². The Hall–Kier alpha value is -1.06. The van der Waals surface area contributed by atoms with Crippen molar-refractivity contribution in [3.8, 4) is 0 Å². The van der Waals surface area contributed by atoms with Crippen LogP contribution in [0.2, 0.25) is 0 Å². The summed E-state index contributed by atoms with van der Waals surface area (Å²) in [5.41, 5.74) is 0. The first-order valence-corrected chi connectivity index (χ1v) is 6.81. The van der Waals surface area contributed by atoms with Gasteiger partial charge in [0.05, 0.1) is 13.2 Å². The van der Waals surface area contributed by atoms with Gasteiger partial charge in [-0.25, -0.2) is 0 Å². The van der Waals surface area contributed by atoms with Gasteiger partial charge < -0.3 is 9.47 Å². The number of carbonyl (C=O) groups is 2. The first-order chi connectivity index (χ1) is 8.47. The summed E-state index contributed by atoms with van der Waals surface area (Å²) in [5.74, 6) is -1.27. The predicted molar refractivity (Wildman–Crippen MR) is 70.0 cm³/mol. The van der Waals surface area contributed by atoms with Crippen molar-refractivity contribution in [3.05, 3.63) is 0 Å². The van der Waals surface area contributed by atoms with Crippen LogP contribution in [0.3, 0.4) is 0 Å². The Bertz CT molecular complexity index is 243. The van der Waals surface area contributed by atoms with E-state index in [0.717, 1.165) is 12.8 Å². The van der Waals surface area contributed by atoms with Gasteiger partial charge in [0.25, 0.3) is 0 Å². The van der Waals surface area contributed by atoms with E-state index in [1.54, 1.807) is 13.8 Å². The molecule has 1 unspecified atom stereocenters. The molecule has 0 fully saturated rings. The Labute approximate surface area is 110 Å². The standard InChI is InChI=1S/C14H26O4/c1-6-11(9-10(4)5)12(13(15)17-7-2)14(16)18-8-3/h10-12H,6-9H2,1-5H3. The van der Waals surface area contributed by atoms with Crippen molar-refractivity contribution < 1.29 is 19.1 Å². The highest BCUT2D eigenvalue weighted by Crippen LogP contribution is 2.26. The zero-order chi connectivity index (χ0) is 14.1. The molecule has 106 valence electrons. The van der Waals surface area contributed by atoms with E-state index >= 15 is 0 Å². The van der Waals surface area contributed by atoms with Crippen molar-refractivity contribution in [1.82, 2.24) is 0 Å². The number of ether oxygens (including phenoxy) is 2. The Morgan fingerprint density at radius 2 is 1.39 bits per heavy atom. The molecule has 4 nitrogen and oxygen atoms in total. The molecular weight excluding hydrogens is 232 g/mol. The molecule has 0 saturated carbocycles. The predicted octanol–water partition coefficient (Wildman–Crippen LogP) is 2.80. The van der Waals surface area contributed by atoms with E-state index in [4.69, 9.17) is 9.47 Å². The van der Waals surface area contributed by atoms with Gasteiger partial charge in [0.1, 0.15) is 0 Å². The lowest BCUT2D eigenvalue weighted by molar-refractivity contribution is -0.164. The first kappa shape index (κ1) is 16.9. The van der Waals surface area contributed by atoms with E-state index < -0.39 is 17.9 Å². The maximum Gasteiger partial charge on any atom is 0.320 e. The summed E-state index contributed by atoms with van der Waals surface area (Å²) in [6, 6.07) is 0. The van der Waals surface area contributed by atoms with Crippen molar-refractivity contribution in [2.45, 2.75) is 47.5 Å². The first-order valence-electron chi connectivity index (χ1n) is 6.81. The molecule has 0 aromatic rings. The molecular formula is C14H26O4. The quantitative estimate of drug-likeness (QED) is 0.496. The van der Waals surface area contributed by atoms with Crippen LogP contribution >= 0.6 is 0 Å². The van der Waals surface area contributed by atoms with E-state index in [1.807, 2.05) is 6.92 Å². The molecule has 0 heterocycles. The molecule has 0 aromatic heterocycles. The molecule has 1 atom stereocenters. The van der Waals surface area contributed by atoms with Gasteiger partial charge in [-0.15, -0.1) is 0 Å². The van der Waals surface area contributed by atoms with Crippen LogP contribution in [0, 0.1) is 17.8 Å². The molecule has 4 heteroatoms. The zero-order valence-corrected chi connectivity index (χ0v) is 12.2. The van der Waals surface area contributed by atoms with Gasteiger partial charge in [-0.2, -0.15) is 0 Å². The monoisotopic (exact) mass is 258 g/mol. The Morgan fingerprint density at radius 1 is 0.944 bits per heavy atom. The molecule has 0 aliphatic carbocycles. The lowest BCUT2D eigenvalue weighted by Crippen LogP contribution is -2.35. The minimum absolute atomic E-state index is 0.0110. The average Bonchev–Trinajstić information content (AvgIpc) is 2.28. The fourth-order valence-corrected chi connectivity index (χ4v) is 2.09. The third kappa shape index (κ3) is 5.52. The van der Waals surface area contributed by atoms with Crippen molar-refractivity contribution in [2.24, 2.45) is 17.8 Å². The average molecular weight is 258 g/mol. The number of carbonyl (C=O) groups excluding carboxylic acids is 2. The highest BCUT2D eigenvalue weighted by Gasteiger charge is 2.36. The summed E-state index contributed by atoms with van der Waals surface area (Å²) in [7, 11) is 0. The van der Waals surface area contributed by atoms with Crippen molar-refractivity contribution in [1.29, 1.82) is 0 Å². The van der Waals surface area contributed by atoms with Gasteiger partial charge in [-0.3, -0.25) is 9.59 Å². The second kappa shape index (κ2) is 8.95. The fraction of sp³-hybridized carbons (Fsp3) is 0.857. The minimum Gasteiger partial charge on any atom is -0.465 e. The lowest BCUT2D eigenvalue weighted by atomic mass is 9.83. The SMILES string of the molecule is CCOC(=O)C(C(=O)OCC)C(CC)CC(C)C. The second-order valence-electron chi connectivity index (χ2n) is 4.78. The van der Waals surface area contributed by atoms with Crippen LogP contribution in [0.5, 0.6) is 0 Å². The van der Waals surface area contributed by atoms with Crippen LogP contribution in [0.1, 0.15) is 47.5 Å². The van der Waals surface area contributed by atoms with Gasteiger partial charge in [-0.1, -0.05) is 27.2 Å². The van der Waals surface area contributed by atoms with Crippen LogP contribution in [0.4, 0.5) is 0 Å². The fourth-order valence-electron chi connectivity index (χ4n) is 2.09. The molecule has 18 heavy (non-hydrogen) atoms. The van der Waals surface area contributed by atoms with Gasteiger partial charge in [0.15, 0.2) is 5.92 Å². The largest absolute Gasteiger partial charge is 0.465 e. The smallest absolute Gasteiger partial charge is 0.320 e. The van der Waals surface area contributed by atoms with Gasteiger partial charge in [0.2, 0.25) is 0 Å². The molecule has 0 bridgehead atoms. The molecule has 0 aliphatic heterocycles. The third-order valence-electron chi connectivity index (χ3n) is 2.85. The summed E-state index contributed by atoms with van der Waals surface area (Å²) in [6.45, 7) is 10.2. The molecule has 0 aromatic carbocycles. The van der Waals surface area contributed by atoms with Gasteiger partial charge >= 0.3 is 11.9 Å². The van der Waals surface area contributed by atoms with Crippen molar-refractivity contribution >= 4 is 11.9 Å². The Balaban J connectivity index is 4.91. The molecule has 0 aliphatic rings. The van der Waals surface area contributed by atoms with Crippen LogP contribution < -0.4 is 0 Å². The van der Waals surface area contributed by atoms with E-state index in [9.17, 15) is 9.59 Å². The number of rotatable bonds is 8. The molecule has 0 radical (unpaired) electrons. The number of hydrogen-bond acceptors (Lipinski definition) is 4. The molecule has 0 saturated heterocycles. The molecule has 0 amide bonds. The Kier molecular flexibility index (Phi) is 8.42. The summed E-state index contributed by atoms with van der Waals surface area (Å²) in [4.78, 5) is 23.8. The van der Waals surface area contributed by atoms with Crippen LogP contribution in [0.25, 0.3) is 0 Å². The van der Waals surface area contributed by atoms with Gasteiger partial charge in [-0.05, 0) is 32.1 Å². The molecule has 0 spiro atoms. The highest BCUT2D eigenvalue weighted by atomic mass is 16.6. The van der Waals surface area contributed by atoms with Crippen LogP contribution in [-0.4, -0.2) is 25.2 Å². The van der Waals surface area contributed by atoms with Crippen LogP contribution in [-0.2, 0) is 19.1 Å². The maximum atomic E-state index is 11.9. The number of hydrogen-bond donors (Lipinski definition) is 0. The van der Waals surface area contributed by atoms with E-state index in [0.29, 0.717) is 5.92 Å². The zero-order valence-electron chi connectivity index (χ0n) is 12.2. The summed E-state index contributed by atoms with van der Waals surface area (Å²) in [6.07, 6.45) is 1.58. The van der Waals surface area contributed by atoms with E-state index in [2.05, 4.69) is 13.8 Å². The summed E-state index contributed by atoms with van der Waals surface area (Å²) in [5, 5.41) is 0. The Morgan fingerprint density at radius 3 is 1.67 bits per heavy atom. The van der Waals surface area contributed by atoms with Crippen LogP contribution in [0.15, 0.2) is 0 Å². The summed E-state index contributed by atoms with van der Waals surface area (Å²) < 4.78 is 9.99. The maximum absolute atomic E-state index is 11.9. The van der Waals surface area contributed by atoms with Crippen molar-refractivity contribution in [3.63, 3.8) is 0 Å². The summed E-state index contributed by atoms with van der Waals surface area (Å²) >= 11 is 0. The highest BCUT2D eigenvalue weighted by molar-refractivity contribution is 5.95. The normalized spacial score (nSPS) is 12.6. The topological polar surface area (TPSA) is 52.6 Å².